The van der Waals surface area contributed by atoms with E-state index < -0.39 is 5.97 Å². The van der Waals surface area contributed by atoms with Crippen LogP contribution >= 0.6 is 0 Å². The first-order valence-electron chi connectivity index (χ1n) is 6.33. The number of rotatable bonds is 5. The van der Waals surface area contributed by atoms with E-state index in [4.69, 9.17) is 9.84 Å². The number of hydrogen-bond acceptors (Lipinski definition) is 5. The molecule has 2 heterocycles. The lowest BCUT2D eigenvalue weighted by Gasteiger charge is -2.17. The maximum atomic E-state index is 11.0. The molecule has 1 aliphatic heterocycles. The summed E-state index contributed by atoms with van der Waals surface area (Å²) in [5.74, 6) is 0.599. The predicted molar refractivity (Wildman–Crippen MR) is 60.0 cm³/mol. The Hall–Kier alpha value is -1.50. The topological polar surface area (TPSA) is 90.1 Å². The first-order chi connectivity index (χ1) is 8.75. The van der Waals surface area contributed by atoms with Crippen LogP contribution in [0.4, 0.5) is 0 Å². The third kappa shape index (κ3) is 2.22. The summed E-state index contributed by atoms with van der Waals surface area (Å²) in [4.78, 5) is 11.0. The number of nitrogens with zero attached hydrogens (tertiary/aromatic N) is 4. The van der Waals surface area contributed by atoms with E-state index in [0.717, 1.165) is 31.7 Å². The summed E-state index contributed by atoms with van der Waals surface area (Å²) in [5, 5.41) is 20.8. The van der Waals surface area contributed by atoms with Crippen molar-refractivity contribution in [3.05, 3.63) is 5.82 Å². The molecule has 2 fully saturated rings. The van der Waals surface area contributed by atoms with Gasteiger partial charge in [0, 0.05) is 12.5 Å². The largest absolute Gasteiger partial charge is 0.481 e. The number of tetrazole rings is 1. The highest BCUT2D eigenvalue weighted by atomic mass is 16.5. The lowest BCUT2D eigenvalue weighted by molar-refractivity contribution is -0.138. The van der Waals surface area contributed by atoms with Crippen LogP contribution in [0.5, 0.6) is 0 Å². The molecule has 1 N–H and O–H groups in total. The van der Waals surface area contributed by atoms with Gasteiger partial charge in [0.15, 0.2) is 5.82 Å². The average Bonchev–Trinajstić information content (AvgIpc) is 2.86. The second-order valence-electron chi connectivity index (χ2n) is 5.04. The summed E-state index contributed by atoms with van der Waals surface area (Å²) in [5.41, 5.74) is 0. The van der Waals surface area contributed by atoms with Crippen molar-refractivity contribution in [1.82, 2.24) is 20.2 Å². The van der Waals surface area contributed by atoms with Gasteiger partial charge in [-0.1, -0.05) is 0 Å². The molecule has 3 rings (SSSR count). The van der Waals surface area contributed by atoms with Crippen LogP contribution in [0.3, 0.4) is 0 Å². The number of aromatic nitrogens is 4. The summed E-state index contributed by atoms with van der Waals surface area (Å²) in [6, 6.07) is -0.104. The van der Waals surface area contributed by atoms with Crippen LogP contribution in [0.2, 0.25) is 0 Å². The van der Waals surface area contributed by atoms with E-state index in [9.17, 15) is 4.79 Å². The molecular formula is C11H16N4O3. The Balaban J connectivity index is 1.84. The normalized spacial score (nSPS) is 25.2. The molecule has 0 amide bonds. The highest BCUT2D eigenvalue weighted by Crippen LogP contribution is 2.42. The smallest absolute Gasteiger partial charge is 0.305 e. The van der Waals surface area contributed by atoms with Gasteiger partial charge in [-0.2, -0.15) is 0 Å². The summed E-state index contributed by atoms with van der Waals surface area (Å²) < 4.78 is 7.07. The molecule has 1 saturated heterocycles. The summed E-state index contributed by atoms with van der Waals surface area (Å²) in [7, 11) is 0. The first-order valence-corrected chi connectivity index (χ1v) is 6.33. The third-order valence-electron chi connectivity index (χ3n) is 3.68. The SMILES string of the molecule is O=C(O)CC(C1CC1)n1nnnc1C1CCOC1. The van der Waals surface area contributed by atoms with Gasteiger partial charge in [0.05, 0.1) is 19.1 Å². The molecule has 1 aromatic rings. The number of carbonyl (C=O) groups is 1. The first kappa shape index (κ1) is 11.6. The molecule has 7 heteroatoms. The molecular weight excluding hydrogens is 236 g/mol. The van der Waals surface area contributed by atoms with Crippen LogP contribution in [0.25, 0.3) is 0 Å². The van der Waals surface area contributed by atoms with Crippen LogP contribution in [0.1, 0.15) is 43.5 Å². The van der Waals surface area contributed by atoms with Gasteiger partial charge in [-0.3, -0.25) is 4.79 Å². The van der Waals surface area contributed by atoms with E-state index in [1.165, 1.54) is 0 Å². The van der Waals surface area contributed by atoms with Gasteiger partial charge in [0.2, 0.25) is 0 Å². The second kappa shape index (κ2) is 4.64. The third-order valence-corrected chi connectivity index (χ3v) is 3.68. The molecule has 2 atom stereocenters. The van der Waals surface area contributed by atoms with Crippen molar-refractivity contribution in [2.75, 3.05) is 13.2 Å². The van der Waals surface area contributed by atoms with Crippen molar-refractivity contribution in [3.63, 3.8) is 0 Å². The summed E-state index contributed by atoms with van der Waals surface area (Å²) >= 11 is 0. The van der Waals surface area contributed by atoms with Gasteiger partial charge >= 0.3 is 5.97 Å². The zero-order chi connectivity index (χ0) is 12.5. The Morgan fingerprint density at radius 3 is 2.94 bits per heavy atom. The van der Waals surface area contributed by atoms with E-state index in [1.807, 2.05) is 0 Å². The molecule has 0 spiro atoms. The quantitative estimate of drug-likeness (QED) is 0.825. The van der Waals surface area contributed by atoms with Crippen molar-refractivity contribution in [1.29, 1.82) is 0 Å². The molecule has 98 valence electrons. The Kier molecular flexibility index (Phi) is 2.99. The van der Waals surface area contributed by atoms with Crippen LogP contribution in [-0.4, -0.2) is 44.5 Å². The Labute approximate surface area is 104 Å². The standard InChI is InChI=1S/C11H16N4O3/c16-10(17)5-9(7-1-2-7)15-11(12-13-14-15)8-3-4-18-6-8/h7-9H,1-6H2,(H,16,17). The Morgan fingerprint density at radius 1 is 1.50 bits per heavy atom. The minimum absolute atomic E-state index is 0.0935. The van der Waals surface area contributed by atoms with Crippen molar-refractivity contribution >= 4 is 5.97 Å². The lowest BCUT2D eigenvalue weighted by Crippen LogP contribution is -2.21. The summed E-state index contributed by atoms with van der Waals surface area (Å²) in [6.45, 7) is 1.36. The van der Waals surface area contributed by atoms with Crippen molar-refractivity contribution < 1.29 is 14.6 Å². The predicted octanol–water partition coefficient (Wildman–Crippen LogP) is 0.603. The Morgan fingerprint density at radius 2 is 2.33 bits per heavy atom. The molecule has 1 aliphatic carbocycles. The number of carboxylic acid groups (broad SMARTS) is 1. The minimum atomic E-state index is -0.795. The minimum Gasteiger partial charge on any atom is -0.481 e. The molecule has 18 heavy (non-hydrogen) atoms. The Bertz CT molecular complexity index is 437. The molecule has 1 aromatic heterocycles. The monoisotopic (exact) mass is 252 g/mol. The zero-order valence-corrected chi connectivity index (χ0v) is 10.0. The highest BCUT2D eigenvalue weighted by molar-refractivity contribution is 5.67. The van der Waals surface area contributed by atoms with E-state index >= 15 is 0 Å². The average molecular weight is 252 g/mol. The molecule has 0 bridgehead atoms. The molecule has 1 saturated carbocycles. The number of aliphatic carboxylic acids is 1. The van der Waals surface area contributed by atoms with Gasteiger partial charge < -0.3 is 9.84 Å². The highest BCUT2D eigenvalue weighted by Gasteiger charge is 2.37. The number of carboxylic acids is 1. The van der Waals surface area contributed by atoms with Crippen molar-refractivity contribution in [3.8, 4) is 0 Å². The maximum Gasteiger partial charge on any atom is 0.305 e. The van der Waals surface area contributed by atoms with Crippen LogP contribution < -0.4 is 0 Å². The zero-order valence-electron chi connectivity index (χ0n) is 10.0. The van der Waals surface area contributed by atoms with Crippen molar-refractivity contribution in [2.24, 2.45) is 5.92 Å². The fraction of sp³-hybridized carbons (Fsp3) is 0.818. The second-order valence-corrected chi connectivity index (χ2v) is 5.04. The van der Waals surface area contributed by atoms with Crippen LogP contribution in [0, 0.1) is 5.92 Å². The molecule has 0 aromatic carbocycles. The maximum absolute atomic E-state index is 11.0. The van der Waals surface area contributed by atoms with E-state index in [1.54, 1.807) is 4.68 Å². The lowest BCUT2D eigenvalue weighted by atomic mass is 10.1. The fourth-order valence-corrected chi connectivity index (χ4v) is 2.56. The van der Waals surface area contributed by atoms with E-state index in [0.29, 0.717) is 12.5 Å². The summed E-state index contributed by atoms with van der Waals surface area (Å²) in [6.07, 6.45) is 3.14. The molecule has 7 nitrogen and oxygen atoms in total. The van der Waals surface area contributed by atoms with E-state index in [-0.39, 0.29) is 18.4 Å². The number of ether oxygens (including phenoxy) is 1. The molecule has 0 radical (unpaired) electrons. The van der Waals surface area contributed by atoms with Crippen LogP contribution in [0.15, 0.2) is 0 Å². The van der Waals surface area contributed by atoms with Gasteiger partial charge in [-0.25, -0.2) is 4.68 Å². The van der Waals surface area contributed by atoms with Gasteiger partial charge in [0.1, 0.15) is 0 Å². The fourth-order valence-electron chi connectivity index (χ4n) is 2.56. The molecule has 2 unspecified atom stereocenters. The van der Waals surface area contributed by atoms with Crippen LogP contribution in [-0.2, 0) is 9.53 Å². The van der Waals surface area contributed by atoms with Gasteiger partial charge in [-0.05, 0) is 35.6 Å². The molecule has 2 aliphatic rings. The number of hydrogen-bond donors (Lipinski definition) is 1. The van der Waals surface area contributed by atoms with Crippen molar-refractivity contribution in [2.45, 2.75) is 37.6 Å². The van der Waals surface area contributed by atoms with Gasteiger partial charge in [0.25, 0.3) is 0 Å². The van der Waals surface area contributed by atoms with E-state index in [2.05, 4.69) is 15.5 Å². The van der Waals surface area contributed by atoms with Gasteiger partial charge in [-0.15, -0.1) is 5.10 Å².